The van der Waals surface area contributed by atoms with Gasteiger partial charge in [-0.25, -0.2) is 0 Å². The molecule has 1 aromatic rings. The van der Waals surface area contributed by atoms with Crippen LogP contribution in [0.15, 0.2) is 24.3 Å². The van der Waals surface area contributed by atoms with E-state index < -0.39 is 5.97 Å². The number of morpholine rings is 1. The average Bonchev–Trinajstić information content (AvgIpc) is 2.53. The Balaban J connectivity index is 1.92. The fourth-order valence-electron chi connectivity index (χ4n) is 2.43. The van der Waals surface area contributed by atoms with Gasteiger partial charge in [0.05, 0.1) is 19.3 Å². The molecule has 1 aliphatic heterocycles. The number of nitrogens with zero attached hydrogens (tertiary/aromatic N) is 1. The molecule has 1 atom stereocenters. The van der Waals surface area contributed by atoms with Gasteiger partial charge in [0.1, 0.15) is 0 Å². The molecule has 0 radical (unpaired) electrons. The molecule has 1 heterocycles. The highest BCUT2D eigenvalue weighted by molar-refractivity contribution is 5.94. The highest BCUT2D eigenvalue weighted by Crippen LogP contribution is 2.14. The molecule has 2 rings (SSSR count). The summed E-state index contributed by atoms with van der Waals surface area (Å²) in [7, 11) is 0. The van der Waals surface area contributed by atoms with Crippen molar-refractivity contribution in [3.8, 4) is 0 Å². The van der Waals surface area contributed by atoms with E-state index in [1.165, 1.54) is 0 Å². The molecular formula is C16H22N2O4. The highest BCUT2D eigenvalue weighted by atomic mass is 16.5. The first-order valence-corrected chi connectivity index (χ1v) is 7.49. The molecule has 0 saturated carbocycles. The molecule has 1 saturated heterocycles. The molecule has 1 aromatic carbocycles. The molecule has 22 heavy (non-hydrogen) atoms. The van der Waals surface area contributed by atoms with Gasteiger partial charge in [0.15, 0.2) is 0 Å². The largest absolute Gasteiger partial charge is 0.481 e. The monoisotopic (exact) mass is 306 g/mol. The summed E-state index contributed by atoms with van der Waals surface area (Å²) in [4.78, 5) is 25.0. The van der Waals surface area contributed by atoms with Crippen LogP contribution in [0.5, 0.6) is 0 Å². The smallest absolute Gasteiger partial charge is 0.303 e. The number of anilines is 1. The predicted octanol–water partition coefficient (Wildman–Crippen LogP) is 1.36. The quantitative estimate of drug-likeness (QED) is 0.830. The maximum Gasteiger partial charge on any atom is 0.303 e. The van der Waals surface area contributed by atoms with Gasteiger partial charge in [0.2, 0.25) is 5.91 Å². The van der Waals surface area contributed by atoms with Gasteiger partial charge in [0.25, 0.3) is 0 Å². The predicted molar refractivity (Wildman–Crippen MR) is 82.9 cm³/mol. The topological polar surface area (TPSA) is 78.9 Å². The van der Waals surface area contributed by atoms with E-state index in [1.54, 1.807) is 0 Å². The molecule has 1 fully saturated rings. The molecule has 0 spiro atoms. The van der Waals surface area contributed by atoms with Crippen LogP contribution in [0.25, 0.3) is 0 Å². The first-order chi connectivity index (χ1) is 10.6. The number of carboxylic acids is 1. The van der Waals surface area contributed by atoms with Crippen LogP contribution in [0.1, 0.15) is 18.9 Å². The molecular weight excluding hydrogens is 284 g/mol. The van der Waals surface area contributed by atoms with Gasteiger partial charge in [-0.15, -0.1) is 0 Å². The van der Waals surface area contributed by atoms with E-state index >= 15 is 0 Å². The number of carbonyl (C=O) groups is 2. The van der Waals surface area contributed by atoms with Gasteiger partial charge in [-0.3, -0.25) is 14.5 Å². The Morgan fingerprint density at radius 2 is 2.09 bits per heavy atom. The van der Waals surface area contributed by atoms with E-state index in [1.807, 2.05) is 31.2 Å². The Labute approximate surface area is 130 Å². The summed E-state index contributed by atoms with van der Waals surface area (Å²) < 4.78 is 5.29. The zero-order valence-electron chi connectivity index (χ0n) is 12.7. The Hall–Kier alpha value is -1.92. The maximum absolute atomic E-state index is 12.3. The van der Waals surface area contributed by atoms with Gasteiger partial charge >= 0.3 is 5.97 Å². The molecule has 0 aromatic heterocycles. The molecule has 2 N–H and O–H groups in total. The second-order valence-electron chi connectivity index (χ2n) is 5.41. The Bertz CT molecular complexity index is 527. The number of benzene rings is 1. The zero-order valence-corrected chi connectivity index (χ0v) is 12.7. The summed E-state index contributed by atoms with van der Waals surface area (Å²) in [5, 5.41) is 11.6. The summed E-state index contributed by atoms with van der Waals surface area (Å²) in [6.45, 7) is 4.71. The van der Waals surface area contributed by atoms with E-state index in [2.05, 4.69) is 10.2 Å². The summed E-state index contributed by atoms with van der Waals surface area (Å²) in [6, 6.07) is 7.11. The minimum atomic E-state index is -0.824. The third-order valence-corrected chi connectivity index (χ3v) is 3.79. The van der Waals surface area contributed by atoms with Crippen LogP contribution in [0, 0.1) is 0 Å². The summed E-state index contributed by atoms with van der Waals surface area (Å²) in [6.07, 6.45) is 0.541. The van der Waals surface area contributed by atoms with Crippen molar-refractivity contribution in [2.75, 3.05) is 31.6 Å². The molecule has 1 aliphatic rings. The fraction of sp³-hybridized carbons (Fsp3) is 0.500. The van der Waals surface area contributed by atoms with E-state index in [9.17, 15) is 9.59 Å². The number of carboxylic acid groups (broad SMARTS) is 1. The van der Waals surface area contributed by atoms with Crippen LogP contribution >= 0.6 is 0 Å². The van der Waals surface area contributed by atoms with E-state index in [-0.39, 0.29) is 18.4 Å². The van der Waals surface area contributed by atoms with Crippen molar-refractivity contribution in [1.29, 1.82) is 0 Å². The first kappa shape index (κ1) is 16.5. The molecule has 6 nitrogen and oxygen atoms in total. The highest BCUT2D eigenvalue weighted by Gasteiger charge is 2.23. The summed E-state index contributed by atoms with van der Waals surface area (Å²) in [5.74, 6) is -0.882. The number of nitrogens with one attached hydrogen (secondary N) is 1. The van der Waals surface area contributed by atoms with Crippen molar-refractivity contribution < 1.29 is 19.4 Å². The summed E-state index contributed by atoms with van der Waals surface area (Å²) in [5.41, 5.74) is 1.60. The Morgan fingerprint density at radius 1 is 1.36 bits per heavy atom. The van der Waals surface area contributed by atoms with Crippen molar-refractivity contribution in [2.45, 2.75) is 25.8 Å². The standard InChI is InChI=1S/C16H22N2O4/c1-12(18-7-9-22-10-8-18)16(21)17-14-4-2-3-13(11-14)5-6-15(19)20/h2-4,11-12H,5-10H2,1H3,(H,17,21)(H,19,20). The lowest BCUT2D eigenvalue weighted by Gasteiger charge is -2.31. The lowest BCUT2D eigenvalue weighted by molar-refractivity contribution is -0.137. The van der Waals surface area contributed by atoms with Crippen molar-refractivity contribution in [3.63, 3.8) is 0 Å². The summed E-state index contributed by atoms with van der Waals surface area (Å²) >= 11 is 0. The molecule has 1 amide bonds. The SMILES string of the molecule is CC(C(=O)Nc1cccc(CCC(=O)O)c1)N1CCOCC1. The number of hydrogen-bond donors (Lipinski definition) is 2. The van der Waals surface area contributed by atoms with Crippen LogP contribution in [0.2, 0.25) is 0 Å². The van der Waals surface area contributed by atoms with Gasteiger partial charge in [-0.05, 0) is 31.0 Å². The lowest BCUT2D eigenvalue weighted by Crippen LogP contribution is -2.47. The molecule has 0 aliphatic carbocycles. The maximum atomic E-state index is 12.3. The van der Waals surface area contributed by atoms with E-state index in [4.69, 9.17) is 9.84 Å². The molecule has 1 unspecified atom stereocenters. The third kappa shape index (κ3) is 4.82. The van der Waals surface area contributed by atoms with Gasteiger partial charge in [-0.2, -0.15) is 0 Å². The number of aliphatic carboxylic acids is 1. The van der Waals surface area contributed by atoms with Crippen LogP contribution in [0.4, 0.5) is 5.69 Å². The van der Waals surface area contributed by atoms with Crippen LogP contribution < -0.4 is 5.32 Å². The van der Waals surface area contributed by atoms with E-state index in [0.717, 1.165) is 18.7 Å². The van der Waals surface area contributed by atoms with Crippen molar-refractivity contribution in [2.24, 2.45) is 0 Å². The second-order valence-corrected chi connectivity index (χ2v) is 5.41. The lowest BCUT2D eigenvalue weighted by atomic mass is 10.1. The first-order valence-electron chi connectivity index (χ1n) is 7.49. The van der Waals surface area contributed by atoms with E-state index in [0.29, 0.717) is 25.3 Å². The minimum absolute atomic E-state index is 0.0581. The number of ether oxygens (including phenoxy) is 1. The minimum Gasteiger partial charge on any atom is -0.481 e. The third-order valence-electron chi connectivity index (χ3n) is 3.79. The Kier molecular flexibility index (Phi) is 5.91. The molecule has 0 bridgehead atoms. The van der Waals surface area contributed by atoms with Crippen LogP contribution in [-0.2, 0) is 20.7 Å². The normalized spacial score (nSPS) is 17.0. The van der Waals surface area contributed by atoms with Gasteiger partial charge < -0.3 is 15.2 Å². The zero-order chi connectivity index (χ0) is 15.9. The Morgan fingerprint density at radius 3 is 2.77 bits per heavy atom. The number of aryl methyl sites for hydroxylation is 1. The molecule has 6 heteroatoms. The average molecular weight is 306 g/mol. The van der Waals surface area contributed by atoms with Crippen LogP contribution in [-0.4, -0.2) is 54.2 Å². The number of carbonyl (C=O) groups excluding carboxylic acids is 1. The number of rotatable bonds is 6. The number of hydrogen-bond acceptors (Lipinski definition) is 4. The van der Waals surface area contributed by atoms with Crippen molar-refractivity contribution in [1.82, 2.24) is 4.90 Å². The number of amides is 1. The van der Waals surface area contributed by atoms with Crippen molar-refractivity contribution in [3.05, 3.63) is 29.8 Å². The fourth-order valence-corrected chi connectivity index (χ4v) is 2.43. The van der Waals surface area contributed by atoms with Crippen LogP contribution in [0.3, 0.4) is 0 Å². The van der Waals surface area contributed by atoms with Gasteiger partial charge in [-0.1, -0.05) is 12.1 Å². The van der Waals surface area contributed by atoms with Crippen molar-refractivity contribution >= 4 is 17.6 Å². The second kappa shape index (κ2) is 7.91. The molecule has 120 valence electrons. The van der Waals surface area contributed by atoms with Gasteiger partial charge in [0, 0.05) is 25.2 Å².